The molecule has 1 aromatic heterocycles. The number of ether oxygens (including phenoxy) is 2. The second kappa shape index (κ2) is 11.1. The van der Waals surface area contributed by atoms with E-state index in [9.17, 15) is 4.79 Å². The summed E-state index contributed by atoms with van der Waals surface area (Å²) >= 11 is 0. The van der Waals surface area contributed by atoms with Crippen molar-refractivity contribution in [3.63, 3.8) is 0 Å². The first kappa shape index (κ1) is 18.2. The van der Waals surface area contributed by atoms with Crippen LogP contribution in [-0.4, -0.2) is 42.3 Å². The van der Waals surface area contributed by atoms with Crippen molar-refractivity contribution >= 4 is 6.09 Å². The summed E-state index contributed by atoms with van der Waals surface area (Å²) in [5.41, 5.74) is 0. The third-order valence-corrected chi connectivity index (χ3v) is 2.50. The van der Waals surface area contributed by atoms with Gasteiger partial charge < -0.3 is 14.4 Å². The lowest BCUT2D eigenvalue weighted by atomic mass is 10.3. The first-order valence-corrected chi connectivity index (χ1v) is 7.20. The van der Waals surface area contributed by atoms with Gasteiger partial charge in [0.05, 0.1) is 13.7 Å². The highest BCUT2D eigenvalue weighted by molar-refractivity contribution is 5.67. The Bertz CT molecular complexity index is 357. The molecule has 1 aromatic rings. The van der Waals surface area contributed by atoms with Gasteiger partial charge in [-0.1, -0.05) is 33.8 Å². The van der Waals surface area contributed by atoms with Gasteiger partial charge in [0, 0.05) is 25.2 Å². The molecule has 1 amide bonds. The predicted octanol–water partition coefficient (Wildman–Crippen LogP) is 3.35. The number of rotatable bonds is 2. The number of likely N-dealkylation sites (tertiary alicyclic amines) is 1. The fraction of sp³-hybridized carbons (Fsp3) is 0.600. The lowest BCUT2D eigenvalue weighted by molar-refractivity contribution is 0.125. The van der Waals surface area contributed by atoms with Crippen LogP contribution in [0.4, 0.5) is 4.79 Å². The van der Waals surface area contributed by atoms with E-state index in [1.54, 1.807) is 17.2 Å². The van der Waals surface area contributed by atoms with Crippen molar-refractivity contribution in [2.45, 2.75) is 40.2 Å². The Balaban J connectivity index is 0.000000829. The van der Waals surface area contributed by atoms with Gasteiger partial charge in [-0.15, -0.1) is 0 Å². The molecular weight excluding hydrogens is 256 g/mol. The zero-order valence-electron chi connectivity index (χ0n) is 13.1. The van der Waals surface area contributed by atoms with Crippen LogP contribution in [0.25, 0.3) is 0 Å². The Labute approximate surface area is 121 Å². The molecule has 1 atom stereocenters. The van der Waals surface area contributed by atoms with Gasteiger partial charge in [0.25, 0.3) is 0 Å². The molecule has 0 bridgehead atoms. The summed E-state index contributed by atoms with van der Waals surface area (Å²) in [5, 5.41) is 0. The van der Waals surface area contributed by atoms with Gasteiger partial charge in [0.2, 0.25) is 5.88 Å². The maximum absolute atomic E-state index is 11.2. The summed E-state index contributed by atoms with van der Waals surface area (Å²) < 4.78 is 10.3. The van der Waals surface area contributed by atoms with Gasteiger partial charge >= 0.3 is 6.09 Å². The van der Waals surface area contributed by atoms with Gasteiger partial charge in [0.1, 0.15) is 6.10 Å². The Hall–Kier alpha value is -1.78. The van der Waals surface area contributed by atoms with Crippen LogP contribution in [0.2, 0.25) is 0 Å². The van der Waals surface area contributed by atoms with Crippen molar-refractivity contribution in [2.24, 2.45) is 0 Å². The van der Waals surface area contributed by atoms with Crippen molar-refractivity contribution in [3.05, 3.63) is 24.4 Å². The van der Waals surface area contributed by atoms with E-state index < -0.39 is 0 Å². The van der Waals surface area contributed by atoms with E-state index in [1.807, 2.05) is 39.8 Å². The average Bonchev–Trinajstić information content (AvgIpc) is 3.00. The molecule has 1 aliphatic heterocycles. The summed E-state index contributed by atoms with van der Waals surface area (Å²) in [7, 11) is 1.38. The number of methoxy groups -OCH3 is 1. The van der Waals surface area contributed by atoms with Crippen LogP contribution in [0.5, 0.6) is 5.88 Å². The molecule has 0 aromatic carbocycles. The summed E-state index contributed by atoms with van der Waals surface area (Å²) in [4.78, 5) is 17.0. The lowest BCUT2D eigenvalue weighted by Gasteiger charge is -2.15. The molecule has 2 rings (SSSR count). The van der Waals surface area contributed by atoms with Crippen LogP contribution >= 0.6 is 0 Å². The van der Waals surface area contributed by atoms with Crippen molar-refractivity contribution < 1.29 is 14.3 Å². The average molecular weight is 282 g/mol. The lowest BCUT2D eigenvalue weighted by Crippen LogP contribution is -2.30. The third-order valence-electron chi connectivity index (χ3n) is 2.50. The number of aromatic nitrogens is 1. The summed E-state index contributed by atoms with van der Waals surface area (Å²) in [5.74, 6) is 0.596. The number of amides is 1. The summed E-state index contributed by atoms with van der Waals surface area (Å²) in [6.45, 7) is 9.23. The molecule has 0 N–H and O–H groups in total. The highest BCUT2D eigenvalue weighted by Gasteiger charge is 2.28. The van der Waals surface area contributed by atoms with Crippen LogP contribution in [0.1, 0.15) is 34.1 Å². The minimum atomic E-state index is -0.299. The Kier molecular flexibility index (Phi) is 10.1. The highest BCUT2D eigenvalue weighted by Crippen LogP contribution is 2.16. The molecule has 20 heavy (non-hydrogen) atoms. The maximum Gasteiger partial charge on any atom is 0.409 e. The molecule has 0 saturated carbocycles. The second-order valence-corrected chi connectivity index (χ2v) is 3.61. The molecule has 114 valence electrons. The van der Waals surface area contributed by atoms with E-state index in [0.717, 1.165) is 6.42 Å². The molecule has 5 nitrogen and oxygen atoms in total. The number of hydrogen-bond acceptors (Lipinski definition) is 4. The highest BCUT2D eigenvalue weighted by atomic mass is 16.5. The maximum atomic E-state index is 11.2. The van der Waals surface area contributed by atoms with Gasteiger partial charge in [-0.25, -0.2) is 9.78 Å². The zero-order valence-corrected chi connectivity index (χ0v) is 13.1. The number of hydrogen-bond donors (Lipinski definition) is 0. The zero-order chi connectivity index (χ0) is 15.4. The minimum Gasteiger partial charge on any atom is -0.472 e. The largest absolute Gasteiger partial charge is 0.472 e. The molecule has 1 unspecified atom stereocenters. The van der Waals surface area contributed by atoms with E-state index in [1.165, 1.54) is 7.11 Å². The molecule has 1 saturated heterocycles. The fourth-order valence-electron chi connectivity index (χ4n) is 1.71. The molecular formula is C15H26N2O3. The van der Waals surface area contributed by atoms with Crippen molar-refractivity contribution in [1.29, 1.82) is 0 Å². The summed E-state index contributed by atoms with van der Waals surface area (Å²) in [6, 6.07) is 5.51. The van der Waals surface area contributed by atoms with Crippen LogP contribution < -0.4 is 4.74 Å². The van der Waals surface area contributed by atoms with E-state index in [2.05, 4.69) is 9.72 Å². The fourth-order valence-corrected chi connectivity index (χ4v) is 1.71. The van der Waals surface area contributed by atoms with E-state index in [0.29, 0.717) is 19.0 Å². The molecule has 1 fully saturated rings. The van der Waals surface area contributed by atoms with Crippen molar-refractivity contribution in [1.82, 2.24) is 9.88 Å². The van der Waals surface area contributed by atoms with Crippen LogP contribution in [0.15, 0.2) is 24.4 Å². The minimum absolute atomic E-state index is 0.00833. The van der Waals surface area contributed by atoms with Gasteiger partial charge in [-0.05, 0) is 6.07 Å². The number of nitrogens with zero attached hydrogens (tertiary/aromatic N) is 2. The van der Waals surface area contributed by atoms with Gasteiger partial charge in [-0.3, -0.25) is 0 Å². The molecule has 5 heteroatoms. The van der Waals surface area contributed by atoms with Crippen LogP contribution in [-0.2, 0) is 4.74 Å². The van der Waals surface area contributed by atoms with E-state index in [4.69, 9.17) is 4.74 Å². The molecule has 0 radical (unpaired) electrons. The Morgan fingerprint density at radius 2 is 2.00 bits per heavy atom. The van der Waals surface area contributed by atoms with E-state index in [-0.39, 0.29) is 12.2 Å². The van der Waals surface area contributed by atoms with Crippen molar-refractivity contribution in [2.75, 3.05) is 20.2 Å². The van der Waals surface area contributed by atoms with Crippen molar-refractivity contribution in [3.8, 4) is 5.88 Å². The number of carbonyl (C=O) groups is 1. The first-order valence-electron chi connectivity index (χ1n) is 7.20. The molecule has 0 spiro atoms. The standard InChI is InChI=1S/C11H14N2O3.2C2H6/c1-15-11(14)13-7-5-9(8-13)16-10-4-2-3-6-12-10;2*1-2/h2-4,6,9H,5,7-8H2,1H3;2*1-2H3. The molecule has 1 aliphatic rings. The second-order valence-electron chi connectivity index (χ2n) is 3.61. The number of carbonyl (C=O) groups excluding carboxylic acids is 1. The SMILES string of the molecule is CC.CC.COC(=O)N1CCC(Oc2ccccn2)C1. The topological polar surface area (TPSA) is 51.7 Å². The molecule has 0 aliphatic carbocycles. The van der Waals surface area contributed by atoms with Gasteiger partial charge in [0.15, 0.2) is 0 Å². The molecule has 2 heterocycles. The Morgan fingerprint density at radius 1 is 1.30 bits per heavy atom. The van der Waals surface area contributed by atoms with E-state index >= 15 is 0 Å². The summed E-state index contributed by atoms with van der Waals surface area (Å²) in [6.07, 6.45) is 2.20. The van der Waals surface area contributed by atoms with Gasteiger partial charge in [-0.2, -0.15) is 0 Å². The smallest absolute Gasteiger partial charge is 0.409 e. The van der Waals surface area contributed by atoms with Crippen LogP contribution in [0.3, 0.4) is 0 Å². The first-order chi connectivity index (χ1) is 9.79. The normalized spacial score (nSPS) is 16.2. The van der Waals surface area contributed by atoms with Crippen LogP contribution in [0, 0.1) is 0 Å². The Morgan fingerprint density at radius 3 is 2.55 bits per heavy atom. The third kappa shape index (κ3) is 5.91. The monoisotopic (exact) mass is 282 g/mol. The predicted molar refractivity (Wildman–Crippen MR) is 79.9 cm³/mol. The quantitative estimate of drug-likeness (QED) is 0.834. The number of pyridine rings is 1.